The number of nitrogens with one attached hydrogen (secondary N) is 2. The van der Waals surface area contributed by atoms with E-state index in [0.717, 1.165) is 0 Å². The standard InChI is InChI=1S/C18H22N2/c1-3-7-17(8-4-1)15-19-11-13-20(14-12-19)16-18-9-5-2-6-10-18/h1-10H,11-16H2/p+2. The molecule has 2 nitrogen and oxygen atoms in total. The maximum absolute atomic E-state index is 2.25. The van der Waals surface area contributed by atoms with E-state index in [1.54, 1.807) is 9.80 Å². The molecule has 0 aliphatic carbocycles. The second-order valence-electron chi connectivity index (χ2n) is 5.82. The van der Waals surface area contributed by atoms with Crippen LogP contribution in [0.15, 0.2) is 60.7 Å². The lowest BCUT2D eigenvalue weighted by molar-refractivity contribution is -1.02. The van der Waals surface area contributed by atoms with Gasteiger partial charge in [0.15, 0.2) is 0 Å². The van der Waals surface area contributed by atoms with E-state index in [9.17, 15) is 0 Å². The van der Waals surface area contributed by atoms with Crippen molar-refractivity contribution in [2.24, 2.45) is 0 Å². The summed E-state index contributed by atoms with van der Waals surface area (Å²) in [6.07, 6.45) is 0. The van der Waals surface area contributed by atoms with Crippen molar-refractivity contribution in [3.05, 3.63) is 71.8 Å². The molecule has 0 unspecified atom stereocenters. The van der Waals surface area contributed by atoms with Gasteiger partial charge in [-0.1, -0.05) is 60.7 Å². The molecule has 2 aromatic rings. The zero-order valence-corrected chi connectivity index (χ0v) is 12.0. The maximum atomic E-state index is 2.25. The lowest BCUT2D eigenvalue weighted by atomic mass is 10.1. The molecule has 1 heterocycles. The van der Waals surface area contributed by atoms with Gasteiger partial charge in [0.25, 0.3) is 0 Å². The average molecular weight is 268 g/mol. The van der Waals surface area contributed by atoms with Crippen LogP contribution in [0, 0.1) is 0 Å². The Bertz CT molecular complexity index is 452. The smallest absolute Gasteiger partial charge is 0.127 e. The molecule has 0 saturated carbocycles. The van der Waals surface area contributed by atoms with E-state index in [1.807, 2.05) is 0 Å². The lowest BCUT2D eigenvalue weighted by Gasteiger charge is -2.29. The summed E-state index contributed by atoms with van der Waals surface area (Å²) in [6.45, 7) is 7.52. The minimum atomic E-state index is 1.18. The molecule has 1 aliphatic rings. The topological polar surface area (TPSA) is 8.88 Å². The molecule has 104 valence electrons. The highest BCUT2D eigenvalue weighted by Crippen LogP contribution is 1.96. The summed E-state index contributed by atoms with van der Waals surface area (Å²) in [6, 6.07) is 21.8. The third-order valence-corrected chi connectivity index (χ3v) is 4.26. The Labute approximate surface area is 121 Å². The fraction of sp³-hybridized carbons (Fsp3) is 0.333. The largest absolute Gasteiger partial charge is 0.322 e. The van der Waals surface area contributed by atoms with E-state index in [-0.39, 0.29) is 0 Å². The highest BCUT2D eigenvalue weighted by molar-refractivity contribution is 5.13. The minimum Gasteiger partial charge on any atom is -0.322 e. The highest BCUT2D eigenvalue weighted by atomic mass is 15.3. The summed E-state index contributed by atoms with van der Waals surface area (Å²) < 4.78 is 0. The van der Waals surface area contributed by atoms with Gasteiger partial charge in [-0.15, -0.1) is 0 Å². The van der Waals surface area contributed by atoms with Gasteiger partial charge in [0.05, 0.1) is 0 Å². The molecule has 3 rings (SSSR count). The molecule has 2 N–H and O–H groups in total. The van der Waals surface area contributed by atoms with Gasteiger partial charge in [-0.3, -0.25) is 0 Å². The molecule has 0 radical (unpaired) electrons. The van der Waals surface area contributed by atoms with Gasteiger partial charge in [0.1, 0.15) is 39.3 Å². The highest BCUT2D eigenvalue weighted by Gasteiger charge is 2.22. The van der Waals surface area contributed by atoms with E-state index in [4.69, 9.17) is 0 Å². The van der Waals surface area contributed by atoms with Gasteiger partial charge in [-0.2, -0.15) is 0 Å². The maximum Gasteiger partial charge on any atom is 0.127 e. The number of benzene rings is 2. The Hall–Kier alpha value is -1.64. The van der Waals surface area contributed by atoms with Crippen LogP contribution in [0.2, 0.25) is 0 Å². The predicted octanol–water partition coefficient (Wildman–Crippen LogP) is 0.170. The van der Waals surface area contributed by atoms with E-state index in [1.165, 1.54) is 50.4 Å². The van der Waals surface area contributed by atoms with Gasteiger partial charge < -0.3 is 9.80 Å². The third kappa shape index (κ3) is 3.69. The molecule has 20 heavy (non-hydrogen) atoms. The molecular formula is C18H24N2+2. The molecule has 1 saturated heterocycles. The van der Waals surface area contributed by atoms with Crippen molar-refractivity contribution in [1.29, 1.82) is 0 Å². The zero-order chi connectivity index (χ0) is 13.6. The average Bonchev–Trinajstić information content (AvgIpc) is 2.51. The van der Waals surface area contributed by atoms with Gasteiger partial charge in [-0.25, -0.2) is 0 Å². The zero-order valence-electron chi connectivity index (χ0n) is 12.0. The number of piperazine rings is 1. The molecular weight excluding hydrogens is 244 g/mol. The van der Waals surface area contributed by atoms with Crippen LogP contribution in [0.3, 0.4) is 0 Å². The molecule has 0 aromatic heterocycles. The quantitative estimate of drug-likeness (QED) is 0.782. The number of rotatable bonds is 4. The van der Waals surface area contributed by atoms with Crippen LogP contribution >= 0.6 is 0 Å². The first kappa shape index (κ1) is 13.3. The van der Waals surface area contributed by atoms with E-state index in [2.05, 4.69) is 60.7 Å². The summed E-state index contributed by atoms with van der Waals surface area (Å²) in [5.74, 6) is 0. The Balaban J connectivity index is 1.47. The van der Waals surface area contributed by atoms with Crippen molar-refractivity contribution in [3.63, 3.8) is 0 Å². The second-order valence-corrected chi connectivity index (χ2v) is 5.82. The Kier molecular flexibility index (Phi) is 4.46. The van der Waals surface area contributed by atoms with Gasteiger partial charge in [-0.05, 0) is 0 Å². The van der Waals surface area contributed by atoms with Crippen LogP contribution in [0.4, 0.5) is 0 Å². The molecule has 0 amide bonds. The van der Waals surface area contributed by atoms with Crippen molar-refractivity contribution in [2.45, 2.75) is 13.1 Å². The Morgan fingerprint density at radius 2 is 0.900 bits per heavy atom. The van der Waals surface area contributed by atoms with Crippen molar-refractivity contribution < 1.29 is 9.80 Å². The number of hydrogen-bond acceptors (Lipinski definition) is 0. The monoisotopic (exact) mass is 268 g/mol. The fourth-order valence-electron chi connectivity index (χ4n) is 3.08. The number of hydrogen-bond donors (Lipinski definition) is 2. The van der Waals surface area contributed by atoms with Gasteiger partial charge in [0, 0.05) is 11.1 Å². The summed E-state index contributed by atoms with van der Waals surface area (Å²) in [4.78, 5) is 3.46. The predicted molar refractivity (Wildman–Crippen MR) is 81.7 cm³/mol. The molecule has 2 heteroatoms. The van der Waals surface area contributed by atoms with Crippen molar-refractivity contribution in [2.75, 3.05) is 26.2 Å². The van der Waals surface area contributed by atoms with E-state index < -0.39 is 0 Å². The SMILES string of the molecule is c1ccc(C[NH+]2CC[NH+](Cc3ccccc3)CC2)cc1. The first-order valence-corrected chi connectivity index (χ1v) is 7.65. The van der Waals surface area contributed by atoms with Gasteiger partial charge >= 0.3 is 0 Å². The molecule has 0 bridgehead atoms. The summed E-state index contributed by atoms with van der Waals surface area (Å²) in [5, 5.41) is 0. The summed E-state index contributed by atoms with van der Waals surface area (Å²) in [7, 11) is 0. The first-order valence-electron chi connectivity index (χ1n) is 7.65. The minimum absolute atomic E-state index is 1.18. The Morgan fingerprint density at radius 1 is 0.550 bits per heavy atom. The molecule has 0 spiro atoms. The second kappa shape index (κ2) is 6.69. The fourth-order valence-corrected chi connectivity index (χ4v) is 3.08. The number of quaternary nitrogens is 2. The van der Waals surface area contributed by atoms with Crippen LogP contribution in [-0.2, 0) is 13.1 Å². The van der Waals surface area contributed by atoms with Crippen molar-refractivity contribution >= 4 is 0 Å². The van der Waals surface area contributed by atoms with Crippen LogP contribution in [0.5, 0.6) is 0 Å². The molecule has 1 fully saturated rings. The van der Waals surface area contributed by atoms with Gasteiger partial charge in [0.2, 0.25) is 0 Å². The molecule has 1 aliphatic heterocycles. The lowest BCUT2D eigenvalue weighted by Crippen LogP contribution is -3.27. The van der Waals surface area contributed by atoms with Crippen LogP contribution in [-0.4, -0.2) is 26.2 Å². The van der Waals surface area contributed by atoms with E-state index >= 15 is 0 Å². The van der Waals surface area contributed by atoms with Crippen LogP contribution in [0.1, 0.15) is 11.1 Å². The summed E-state index contributed by atoms with van der Waals surface area (Å²) in [5.41, 5.74) is 2.93. The van der Waals surface area contributed by atoms with Crippen molar-refractivity contribution in [3.8, 4) is 0 Å². The van der Waals surface area contributed by atoms with Crippen LogP contribution < -0.4 is 9.80 Å². The van der Waals surface area contributed by atoms with Crippen LogP contribution in [0.25, 0.3) is 0 Å². The molecule has 2 aromatic carbocycles. The Morgan fingerprint density at radius 3 is 1.25 bits per heavy atom. The molecule has 0 atom stereocenters. The third-order valence-electron chi connectivity index (χ3n) is 4.26. The first-order chi connectivity index (χ1) is 9.90. The summed E-state index contributed by atoms with van der Waals surface area (Å²) >= 11 is 0. The van der Waals surface area contributed by atoms with E-state index in [0.29, 0.717) is 0 Å². The normalized spacial score (nSPS) is 22.6. The van der Waals surface area contributed by atoms with Crippen molar-refractivity contribution in [1.82, 2.24) is 0 Å².